The average molecular weight is 393 g/mol. The van der Waals surface area contributed by atoms with Crippen LogP contribution in [0.1, 0.15) is 35.2 Å². The van der Waals surface area contributed by atoms with Crippen LogP contribution in [0.2, 0.25) is 0 Å². The first-order valence-corrected chi connectivity index (χ1v) is 10.1. The van der Waals surface area contributed by atoms with Crippen molar-refractivity contribution in [3.05, 3.63) is 65.7 Å². The molecule has 0 aromatic heterocycles. The van der Waals surface area contributed by atoms with Crippen LogP contribution in [0.4, 0.5) is 10.5 Å². The quantitative estimate of drug-likeness (QED) is 0.862. The molecule has 6 nitrogen and oxygen atoms in total. The summed E-state index contributed by atoms with van der Waals surface area (Å²) in [4.78, 5) is 27.8. The molecule has 1 N–H and O–H groups in total. The molecule has 3 aliphatic rings. The van der Waals surface area contributed by atoms with Gasteiger partial charge in [0.05, 0.1) is 25.0 Å². The van der Waals surface area contributed by atoms with Crippen molar-refractivity contribution in [3.8, 4) is 0 Å². The number of carbonyl (C=O) groups excluding carboxylic acids is 2. The van der Waals surface area contributed by atoms with Crippen molar-refractivity contribution in [2.45, 2.75) is 43.6 Å². The van der Waals surface area contributed by atoms with Gasteiger partial charge in [0.2, 0.25) is 0 Å². The Hall–Kier alpha value is -2.70. The predicted octanol–water partition coefficient (Wildman–Crippen LogP) is 3.32. The number of anilines is 1. The molecule has 2 heterocycles. The van der Waals surface area contributed by atoms with E-state index in [9.17, 15) is 14.7 Å². The highest BCUT2D eigenvalue weighted by Gasteiger charge is 2.65. The highest BCUT2D eigenvalue weighted by molar-refractivity contribution is 6.20. The fraction of sp³-hybridized carbons (Fsp3) is 0.391. The van der Waals surface area contributed by atoms with Crippen LogP contribution in [0.5, 0.6) is 0 Å². The largest absolute Gasteiger partial charge is 0.443 e. The summed E-state index contributed by atoms with van der Waals surface area (Å²) in [7, 11) is 0. The number of hydrogen-bond acceptors (Lipinski definition) is 5. The summed E-state index contributed by atoms with van der Waals surface area (Å²) in [5.74, 6) is -0.366. The van der Waals surface area contributed by atoms with E-state index in [1.807, 2.05) is 42.5 Å². The van der Waals surface area contributed by atoms with E-state index < -0.39 is 17.7 Å². The lowest BCUT2D eigenvalue weighted by Crippen LogP contribution is -2.68. The molecule has 29 heavy (non-hydrogen) atoms. The average Bonchev–Trinajstić information content (AvgIpc) is 3.02. The molecule has 4 atom stereocenters. The molecular formula is C23H23NO5. The van der Waals surface area contributed by atoms with Crippen molar-refractivity contribution in [1.29, 1.82) is 0 Å². The van der Waals surface area contributed by atoms with E-state index in [4.69, 9.17) is 9.47 Å². The van der Waals surface area contributed by atoms with Gasteiger partial charge >= 0.3 is 6.09 Å². The molecule has 2 aromatic rings. The fourth-order valence-electron chi connectivity index (χ4n) is 5.22. The third kappa shape index (κ3) is 2.70. The van der Waals surface area contributed by atoms with Gasteiger partial charge in [-0.2, -0.15) is 0 Å². The molecule has 6 heteroatoms. The van der Waals surface area contributed by atoms with Gasteiger partial charge in [-0.15, -0.1) is 0 Å². The van der Waals surface area contributed by atoms with E-state index in [2.05, 4.69) is 0 Å². The van der Waals surface area contributed by atoms with Gasteiger partial charge in [0, 0.05) is 11.5 Å². The number of fused-ring (bicyclic) bond motifs is 2. The Morgan fingerprint density at radius 1 is 1.10 bits per heavy atom. The number of benzene rings is 2. The minimum absolute atomic E-state index is 0.0466. The van der Waals surface area contributed by atoms with Gasteiger partial charge < -0.3 is 14.6 Å². The van der Waals surface area contributed by atoms with Crippen LogP contribution in [0, 0.1) is 5.92 Å². The molecule has 1 saturated heterocycles. The van der Waals surface area contributed by atoms with Crippen molar-refractivity contribution in [2.75, 3.05) is 11.5 Å². The molecule has 1 aliphatic carbocycles. The number of carbonyl (C=O) groups is 2. The van der Waals surface area contributed by atoms with E-state index in [0.717, 1.165) is 5.56 Å². The summed E-state index contributed by atoms with van der Waals surface area (Å²) in [6.07, 6.45) is 0.403. The Labute approximate surface area is 169 Å². The Morgan fingerprint density at radius 3 is 2.66 bits per heavy atom. The second-order valence-electron chi connectivity index (χ2n) is 8.01. The van der Waals surface area contributed by atoms with Crippen LogP contribution in [0.15, 0.2) is 54.6 Å². The summed E-state index contributed by atoms with van der Waals surface area (Å²) in [6.45, 7) is 0.188. The summed E-state index contributed by atoms with van der Waals surface area (Å²) in [5, 5.41) is 9.91. The van der Waals surface area contributed by atoms with Crippen LogP contribution < -0.4 is 4.90 Å². The lowest BCUT2D eigenvalue weighted by atomic mass is 9.66. The number of aliphatic hydroxyl groups excluding tert-OH is 1. The number of Topliss-reactive ketones (excluding diaryl/α,β-unsaturated/α-hetero) is 1. The number of ether oxygens (including phenoxy) is 2. The molecule has 1 unspecified atom stereocenters. The van der Waals surface area contributed by atoms with E-state index >= 15 is 0 Å². The van der Waals surface area contributed by atoms with Crippen molar-refractivity contribution in [2.24, 2.45) is 5.92 Å². The Morgan fingerprint density at radius 2 is 1.86 bits per heavy atom. The SMILES string of the molecule is O=C1OC(CO)[C@H]2C[C@H](OCc3ccccc3)CC[C@]23C(=O)c2ccccc2N13. The number of cyclic esters (lactones) is 1. The Balaban J connectivity index is 1.45. The molecule has 0 bridgehead atoms. The van der Waals surface area contributed by atoms with Crippen LogP contribution in [-0.4, -0.2) is 41.3 Å². The van der Waals surface area contributed by atoms with Crippen LogP contribution in [-0.2, 0) is 16.1 Å². The number of ketones is 1. The van der Waals surface area contributed by atoms with Crippen LogP contribution in [0.3, 0.4) is 0 Å². The molecule has 150 valence electrons. The molecule has 0 radical (unpaired) electrons. The zero-order chi connectivity index (χ0) is 20.0. The maximum Gasteiger partial charge on any atom is 0.415 e. The molecule has 1 spiro atoms. The Kier molecular flexibility index (Phi) is 4.41. The van der Waals surface area contributed by atoms with Crippen LogP contribution >= 0.6 is 0 Å². The van der Waals surface area contributed by atoms with E-state index in [1.54, 1.807) is 12.1 Å². The predicted molar refractivity (Wildman–Crippen MR) is 106 cm³/mol. The van der Waals surface area contributed by atoms with Crippen molar-refractivity contribution in [3.63, 3.8) is 0 Å². The van der Waals surface area contributed by atoms with Gasteiger partial charge in [0.25, 0.3) is 0 Å². The van der Waals surface area contributed by atoms with Gasteiger partial charge in [-0.3, -0.25) is 9.69 Å². The van der Waals surface area contributed by atoms with E-state index in [1.165, 1.54) is 4.90 Å². The summed E-state index contributed by atoms with van der Waals surface area (Å²) < 4.78 is 11.7. The molecule has 2 aliphatic heterocycles. The van der Waals surface area contributed by atoms with Gasteiger partial charge in [-0.05, 0) is 37.0 Å². The molecule has 1 saturated carbocycles. The first-order chi connectivity index (χ1) is 14.1. The molecule has 2 fully saturated rings. The number of amides is 1. The van der Waals surface area contributed by atoms with E-state index in [0.29, 0.717) is 37.1 Å². The Bertz CT molecular complexity index is 945. The third-order valence-electron chi connectivity index (χ3n) is 6.55. The van der Waals surface area contributed by atoms with Gasteiger partial charge in [-0.1, -0.05) is 42.5 Å². The minimum atomic E-state index is -0.987. The topological polar surface area (TPSA) is 76.1 Å². The molecule has 2 aromatic carbocycles. The zero-order valence-corrected chi connectivity index (χ0v) is 16.0. The summed E-state index contributed by atoms with van der Waals surface area (Å²) in [5.41, 5.74) is 1.26. The number of aliphatic hydroxyl groups is 1. The standard InChI is InChI=1S/C23H23NO5/c25-13-20-18-12-16(28-14-15-6-2-1-3-7-15)10-11-23(18)21(26)17-8-4-5-9-19(17)24(23)22(27)29-20/h1-9,16,18,20,25H,10-14H2/t16-,18-,20?,23-/m1/s1. The first-order valence-electron chi connectivity index (χ1n) is 10.1. The summed E-state index contributed by atoms with van der Waals surface area (Å²) >= 11 is 0. The van der Waals surface area contributed by atoms with Crippen LogP contribution in [0.25, 0.3) is 0 Å². The molecular weight excluding hydrogens is 370 g/mol. The maximum absolute atomic E-state index is 13.5. The normalized spacial score (nSPS) is 30.4. The monoisotopic (exact) mass is 393 g/mol. The number of para-hydroxylation sites is 1. The van der Waals surface area contributed by atoms with Gasteiger partial charge in [0.1, 0.15) is 11.6 Å². The highest BCUT2D eigenvalue weighted by atomic mass is 16.6. The molecule has 5 rings (SSSR count). The smallest absolute Gasteiger partial charge is 0.415 e. The second-order valence-corrected chi connectivity index (χ2v) is 8.01. The molecule has 1 amide bonds. The van der Waals surface area contributed by atoms with Crippen molar-refractivity contribution < 1.29 is 24.2 Å². The lowest BCUT2D eigenvalue weighted by molar-refractivity contribution is -0.0781. The number of hydrogen-bond donors (Lipinski definition) is 1. The van der Waals surface area contributed by atoms with E-state index in [-0.39, 0.29) is 24.4 Å². The highest BCUT2D eigenvalue weighted by Crippen LogP contribution is 2.53. The zero-order valence-electron chi connectivity index (χ0n) is 16.0. The number of rotatable bonds is 4. The minimum Gasteiger partial charge on any atom is -0.443 e. The fourth-order valence-corrected chi connectivity index (χ4v) is 5.22. The van der Waals surface area contributed by atoms with Gasteiger partial charge in [0.15, 0.2) is 5.78 Å². The van der Waals surface area contributed by atoms with Crippen molar-refractivity contribution >= 4 is 17.6 Å². The van der Waals surface area contributed by atoms with Gasteiger partial charge in [-0.25, -0.2) is 4.79 Å². The second kappa shape index (κ2) is 6.97. The first kappa shape index (κ1) is 18.3. The lowest BCUT2D eigenvalue weighted by Gasteiger charge is -2.52. The maximum atomic E-state index is 13.5. The van der Waals surface area contributed by atoms with Crippen molar-refractivity contribution in [1.82, 2.24) is 0 Å². The third-order valence-corrected chi connectivity index (χ3v) is 6.55. The number of nitrogens with zero attached hydrogens (tertiary/aromatic N) is 1. The summed E-state index contributed by atoms with van der Waals surface area (Å²) in [6, 6.07) is 17.1.